The average molecular weight is 649 g/mol. The van der Waals surface area contributed by atoms with E-state index < -0.39 is 5.41 Å². The summed E-state index contributed by atoms with van der Waals surface area (Å²) >= 11 is 22.5. The van der Waals surface area contributed by atoms with Gasteiger partial charge >= 0.3 is 0 Å². The van der Waals surface area contributed by atoms with Gasteiger partial charge in [0.2, 0.25) is 0 Å². The van der Waals surface area contributed by atoms with Crippen LogP contribution in [-0.2, 0) is 18.9 Å². The lowest BCUT2D eigenvalue weighted by molar-refractivity contribution is -0.0165. The second kappa shape index (κ2) is 23.9. The summed E-state index contributed by atoms with van der Waals surface area (Å²) in [6.45, 7) is 18.9. The van der Waals surface area contributed by atoms with E-state index in [1.54, 1.807) is 0 Å². The molecule has 0 aliphatic heterocycles. The first-order chi connectivity index (χ1) is 19.4. The fraction of sp³-hybridized carbons (Fsp3) is 0.879. The summed E-state index contributed by atoms with van der Waals surface area (Å²) in [5.41, 5.74) is -0.665. The molecule has 0 aromatic carbocycles. The van der Waals surface area contributed by atoms with Gasteiger partial charge in [0.1, 0.15) is 31.8 Å². The van der Waals surface area contributed by atoms with Crippen LogP contribution in [0.3, 0.4) is 0 Å². The molecule has 4 nitrogen and oxygen atoms in total. The molecule has 0 amide bonds. The van der Waals surface area contributed by atoms with Crippen molar-refractivity contribution in [3.8, 4) is 0 Å². The molecule has 0 heterocycles. The molecule has 240 valence electrons. The van der Waals surface area contributed by atoms with Crippen molar-refractivity contribution in [3.05, 3.63) is 0 Å². The molecule has 0 saturated heterocycles. The van der Waals surface area contributed by atoms with Crippen LogP contribution in [0.15, 0.2) is 0 Å². The smallest absolute Gasteiger partial charge is 0.159 e. The molecule has 0 bridgehead atoms. The van der Waals surface area contributed by atoms with Crippen LogP contribution < -0.4 is 0 Å². The predicted octanol–water partition coefficient (Wildman–Crippen LogP) is 10.7. The first-order valence-corrected chi connectivity index (χ1v) is 17.7. The van der Waals surface area contributed by atoms with Crippen molar-refractivity contribution in [2.45, 2.75) is 132 Å². The van der Waals surface area contributed by atoms with Crippen LogP contribution in [0.5, 0.6) is 0 Å². The van der Waals surface area contributed by atoms with Gasteiger partial charge in [-0.3, -0.25) is 0 Å². The molecule has 0 aliphatic carbocycles. The SMILES string of the molecule is CCC(C)CCC(=S)OCC(COC(=S)CCC(C)CC)(COC(=S)CCC(C)CC)COC(=S)CCC(C)CC. The Morgan fingerprint density at radius 3 is 0.805 bits per heavy atom. The number of ether oxygens (including phenoxy) is 4. The van der Waals surface area contributed by atoms with Gasteiger partial charge in [-0.25, -0.2) is 0 Å². The fourth-order valence-corrected chi connectivity index (χ4v) is 4.45. The van der Waals surface area contributed by atoms with E-state index in [4.69, 9.17) is 67.8 Å². The van der Waals surface area contributed by atoms with Crippen LogP contribution in [0.2, 0.25) is 0 Å². The summed E-state index contributed by atoms with van der Waals surface area (Å²) in [5, 5.41) is 2.42. The highest BCUT2D eigenvalue weighted by atomic mass is 32.1. The summed E-state index contributed by atoms with van der Waals surface area (Å²) in [5.74, 6) is 2.41. The summed E-state index contributed by atoms with van der Waals surface area (Å²) in [7, 11) is 0. The van der Waals surface area contributed by atoms with E-state index in [1.165, 1.54) is 0 Å². The van der Waals surface area contributed by atoms with Gasteiger partial charge in [0, 0.05) is 25.7 Å². The van der Waals surface area contributed by atoms with E-state index in [-0.39, 0.29) is 0 Å². The van der Waals surface area contributed by atoms with Crippen LogP contribution in [-0.4, -0.2) is 46.6 Å². The maximum atomic E-state index is 6.21. The lowest BCUT2D eigenvalue weighted by atomic mass is 9.92. The summed E-state index contributed by atoms with van der Waals surface area (Å²) in [6, 6.07) is 0. The molecule has 0 rings (SSSR count). The number of thiocarbonyl (C=S) groups is 4. The molecule has 0 aliphatic rings. The van der Waals surface area contributed by atoms with E-state index in [0.717, 1.165) is 77.0 Å². The van der Waals surface area contributed by atoms with Crippen molar-refractivity contribution in [2.75, 3.05) is 26.4 Å². The molecule has 0 saturated carbocycles. The number of hydrogen-bond donors (Lipinski definition) is 0. The summed E-state index contributed by atoms with van der Waals surface area (Å²) in [6.07, 6.45) is 11.5. The van der Waals surface area contributed by atoms with E-state index in [2.05, 4.69) is 55.4 Å². The van der Waals surface area contributed by atoms with Crippen molar-refractivity contribution in [2.24, 2.45) is 29.1 Å². The van der Waals surface area contributed by atoms with Crippen molar-refractivity contribution >= 4 is 69.1 Å². The Morgan fingerprint density at radius 2 is 0.634 bits per heavy atom. The molecule has 4 unspecified atom stereocenters. The first kappa shape index (κ1) is 40.6. The second-order valence-electron chi connectivity index (χ2n) is 12.4. The van der Waals surface area contributed by atoms with Crippen LogP contribution >= 0.6 is 48.9 Å². The Kier molecular flexibility index (Phi) is 23.7. The van der Waals surface area contributed by atoms with Gasteiger partial charge in [-0.15, -0.1) is 0 Å². The van der Waals surface area contributed by atoms with Crippen molar-refractivity contribution in [1.82, 2.24) is 0 Å². The fourth-order valence-electron chi connectivity index (χ4n) is 3.75. The Balaban J connectivity index is 5.70. The largest absolute Gasteiger partial charge is 0.486 e. The molecule has 0 aromatic heterocycles. The minimum Gasteiger partial charge on any atom is -0.486 e. The maximum Gasteiger partial charge on any atom is 0.159 e. The van der Waals surface area contributed by atoms with E-state index in [9.17, 15) is 0 Å². The Hall–Kier alpha value is -0.440. The molecular weight excluding hydrogens is 589 g/mol. The topological polar surface area (TPSA) is 36.9 Å². The zero-order valence-electron chi connectivity index (χ0n) is 27.4. The maximum absolute atomic E-state index is 6.21. The molecule has 0 fully saturated rings. The van der Waals surface area contributed by atoms with Crippen LogP contribution in [0.4, 0.5) is 0 Å². The highest BCUT2D eigenvalue weighted by Gasteiger charge is 2.37. The molecular formula is C33H60O4S4. The van der Waals surface area contributed by atoms with Crippen molar-refractivity contribution in [1.29, 1.82) is 0 Å². The van der Waals surface area contributed by atoms with Gasteiger partial charge in [-0.1, -0.05) is 81.1 Å². The molecule has 8 heteroatoms. The molecule has 0 spiro atoms. The monoisotopic (exact) mass is 648 g/mol. The molecule has 0 radical (unpaired) electrons. The Bertz CT molecular complexity index is 632. The highest BCUT2D eigenvalue weighted by Crippen LogP contribution is 2.25. The van der Waals surface area contributed by atoms with E-state index in [1.807, 2.05) is 0 Å². The number of hydrogen-bond acceptors (Lipinski definition) is 8. The molecule has 4 atom stereocenters. The van der Waals surface area contributed by atoms with Crippen LogP contribution in [0, 0.1) is 29.1 Å². The Labute approximate surface area is 274 Å². The van der Waals surface area contributed by atoms with Gasteiger partial charge < -0.3 is 18.9 Å². The van der Waals surface area contributed by atoms with Crippen molar-refractivity contribution < 1.29 is 18.9 Å². The molecule has 0 N–H and O–H groups in total. The van der Waals surface area contributed by atoms with Gasteiger partial charge in [0.15, 0.2) is 20.2 Å². The summed E-state index contributed by atoms with van der Waals surface area (Å²) < 4.78 is 24.8. The second-order valence-corrected chi connectivity index (χ2v) is 14.2. The van der Waals surface area contributed by atoms with Gasteiger partial charge in [0.25, 0.3) is 0 Å². The van der Waals surface area contributed by atoms with Crippen LogP contribution in [0.1, 0.15) is 132 Å². The third kappa shape index (κ3) is 21.0. The third-order valence-corrected chi connectivity index (χ3v) is 9.60. The van der Waals surface area contributed by atoms with E-state index in [0.29, 0.717) is 70.3 Å². The lowest BCUT2D eigenvalue weighted by Crippen LogP contribution is -2.43. The average Bonchev–Trinajstić information content (AvgIpc) is 2.98. The lowest BCUT2D eigenvalue weighted by Gasteiger charge is -2.33. The minimum atomic E-state index is -0.665. The predicted molar refractivity (Wildman–Crippen MR) is 191 cm³/mol. The summed E-state index contributed by atoms with van der Waals surface area (Å²) in [4.78, 5) is 0. The first-order valence-electron chi connectivity index (χ1n) is 16.0. The van der Waals surface area contributed by atoms with Gasteiger partial charge in [-0.2, -0.15) is 0 Å². The highest BCUT2D eigenvalue weighted by molar-refractivity contribution is 7.80. The van der Waals surface area contributed by atoms with Gasteiger partial charge in [0.05, 0.1) is 0 Å². The molecule has 41 heavy (non-hydrogen) atoms. The standard InChI is InChI=1S/C33H60O4S4/c1-9-25(5)13-17-29(38)34-21-33(22-35-30(39)18-14-26(6)10-2,23-36-31(40)19-15-27(7)11-3)24-37-32(41)20-16-28(8)12-4/h25-28H,9-24H2,1-8H3. The van der Waals surface area contributed by atoms with Crippen LogP contribution in [0.25, 0.3) is 0 Å². The zero-order valence-corrected chi connectivity index (χ0v) is 30.7. The molecule has 0 aromatic rings. The minimum absolute atomic E-state index is 0.294. The van der Waals surface area contributed by atoms with E-state index >= 15 is 0 Å². The third-order valence-electron chi connectivity index (χ3n) is 8.31. The normalized spacial score (nSPS) is 15.6. The van der Waals surface area contributed by atoms with Gasteiger partial charge in [-0.05, 0) is 98.2 Å². The van der Waals surface area contributed by atoms with Crippen molar-refractivity contribution in [3.63, 3.8) is 0 Å². The number of rotatable bonds is 24. The zero-order chi connectivity index (χ0) is 31.3. The Morgan fingerprint density at radius 1 is 0.439 bits per heavy atom. The quantitative estimate of drug-likeness (QED) is 0.0957.